The number of nitrogens with zero attached hydrogens (tertiary/aromatic N) is 1. The Hall–Kier alpha value is -2.69. The van der Waals surface area contributed by atoms with Gasteiger partial charge in [-0.2, -0.15) is 0 Å². The van der Waals surface area contributed by atoms with Crippen LogP contribution in [0.5, 0.6) is 11.5 Å². The Bertz CT molecular complexity index is 817. The van der Waals surface area contributed by atoms with Gasteiger partial charge in [0.2, 0.25) is 0 Å². The summed E-state index contributed by atoms with van der Waals surface area (Å²) in [7, 11) is 1.57. The molecule has 0 fully saturated rings. The maximum absolute atomic E-state index is 12.1. The smallest absolute Gasteiger partial charge is 0.326 e. The highest BCUT2D eigenvalue weighted by molar-refractivity contribution is 5.82. The van der Waals surface area contributed by atoms with Gasteiger partial charge in [0.05, 0.1) is 19.2 Å². The molecule has 2 N–H and O–H groups in total. The Morgan fingerprint density at radius 2 is 2.05 bits per heavy atom. The lowest BCUT2D eigenvalue weighted by molar-refractivity contribution is 0.417. The number of para-hydroxylation sites is 1. The third-order valence-electron chi connectivity index (χ3n) is 3.23. The molecule has 20 heavy (non-hydrogen) atoms. The number of ether oxygens (including phenoxy) is 1. The first-order valence-electron chi connectivity index (χ1n) is 6.22. The molecule has 3 aromatic rings. The first kappa shape index (κ1) is 12.3. The van der Waals surface area contributed by atoms with E-state index < -0.39 is 0 Å². The average molecular weight is 270 g/mol. The van der Waals surface area contributed by atoms with E-state index in [0.29, 0.717) is 12.3 Å². The molecule has 2 aromatic carbocycles. The number of aromatic amines is 1. The molecule has 1 heterocycles. The number of rotatable bonds is 3. The van der Waals surface area contributed by atoms with Crippen molar-refractivity contribution in [1.82, 2.24) is 9.55 Å². The minimum atomic E-state index is -0.201. The Balaban J connectivity index is 2.16. The fraction of sp³-hybridized carbons (Fsp3) is 0.133. The van der Waals surface area contributed by atoms with Gasteiger partial charge in [0.15, 0.2) is 0 Å². The van der Waals surface area contributed by atoms with E-state index in [1.54, 1.807) is 29.9 Å². The Kier molecular flexibility index (Phi) is 2.95. The summed E-state index contributed by atoms with van der Waals surface area (Å²) >= 11 is 0. The molecule has 0 radical (unpaired) electrons. The number of imidazole rings is 1. The van der Waals surface area contributed by atoms with E-state index in [9.17, 15) is 9.90 Å². The lowest BCUT2D eigenvalue weighted by Gasteiger charge is -2.07. The van der Waals surface area contributed by atoms with Crippen LogP contribution in [-0.2, 0) is 6.54 Å². The number of phenols is 1. The minimum absolute atomic E-state index is 0.183. The summed E-state index contributed by atoms with van der Waals surface area (Å²) in [6.07, 6.45) is 0. The zero-order valence-electron chi connectivity index (χ0n) is 11.0. The second kappa shape index (κ2) is 4.77. The van der Waals surface area contributed by atoms with Crippen LogP contribution in [0.1, 0.15) is 5.56 Å². The number of nitrogens with one attached hydrogen (secondary N) is 1. The van der Waals surface area contributed by atoms with E-state index in [2.05, 4.69) is 4.98 Å². The summed E-state index contributed by atoms with van der Waals surface area (Å²) in [6.45, 7) is 0.369. The second-order valence-electron chi connectivity index (χ2n) is 4.54. The molecule has 0 atom stereocenters. The fourth-order valence-electron chi connectivity index (χ4n) is 2.34. The number of hydrogen-bond donors (Lipinski definition) is 2. The van der Waals surface area contributed by atoms with Crippen LogP contribution in [0.3, 0.4) is 0 Å². The van der Waals surface area contributed by atoms with Gasteiger partial charge in [0.1, 0.15) is 17.0 Å². The van der Waals surface area contributed by atoms with Gasteiger partial charge in [0.25, 0.3) is 0 Å². The second-order valence-corrected chi connectivity index (χ2v) is 4.54. The van der Waals surface area contributed by atoms with E-state index in [0.717, 1.165) is 16.6 Å². The molecule has 5 heteroatoms. The number of H-pyrrole nitrogens is 1. The minimum Gasteiger partial charge on any atom is -0.508 e. The van der Waals surface area contributed by atoms with Gasteiger partial charge in [0, 0.05) is 0 Å². The molecule has 102 valence electrons. The SMILES string of the molecule is COc1cccc2[nH]c(=O)n(Cc3cccc(O)c3)c12. The summed E-state index contributed by atoms with van der Waals surface area (Å²) in [5.74, 6) is 0.823. The van der Waals surface area contributed by atoms with Gasteiger partial charge < -0.3 is 14.8 Å². The molecule has 0 aliphatic heterocycles. The predicted octanol–water partition coefficient (Wildman–Crippen LogP) is 2.09. The standard InChI is InChI=1S/C15H14N2O3/c1-20-13-7-3-6-12-14(13)17(15(19)16-12)9-10-4-2-5-11(18)8-10/h2-8,18H,9H2,1H3,(H,16,19). The maximum atomic E-state index is 12.1. The van der Waals surface area contributed by atoms with Crippen LogP contribution in [0.25, 0.3) is 11.0 Å². The molecule has 1 aromatic heterocycles. The molecule has 0 spiro atoms. The van der Waals surface area contributed by atoms with Crippen molar-refractivity contribution < 1.29 is 9.84 Å². The normalized spacial score (nSPS) is 10.8. The van der Waals surface area contributed by atoms with Crippen LogP contribution in [0.15, 0.2) is 47.3 Å². The van der Waals surface area contributed by atoms with Crippen LogP contribution in [0.2, 0.25) is 0 Å². The highest BCUT2D eigenvalue weighted by Crippen LogP contribution is 2.24. The van der Waals surface area contributed by atoms with Gasteiger partial charge in [-0.1, -0.05) is 18.2 Å². The predicted molar refractivity (Wildman–Crippen MR) is 76.3 cm³/mol. The summed E-state index contributed by atoms with van der Waals surface area (Å²) in [5.41, 5.74) is 2.10. The quantitative estimate of drug-likeness (QED) is 0.765. The molecule has 0 saturated heterocycles. The summed E-state index contributed by atoms with van der Waals surface area (Å²) < 4.78 is 6.91. The molecule has 5 nitrogen and oxygen atoms in total. The van der Waals surface area contributed by atoms with Gasteiger partial charge in [-0.05, 0) is 29.8 Å². The fourth-order valence-corrected chi connectivity index (χ4v) is 2.34. The number of hydrogen-bond acceptors (Lipinski definition) is 3. The first-order chi connectivity index (χ1) is 9.69. The molecule has 0 bridgehead atoms. The lowest BCUT2D eigenvalue weighted by Crippen LogP contribution is -2.17. The number of aromatic nitrogens is 2. The molecular weight excluding hydrogens is 256 g/mol. The number of aromatic hydroxyl groups is 1. The van der Waals surface area contributed by atoms with E-state index in [-0.39, 0.29) is 11.4 Å². The number of fused-ring (bicyclic) bond motifs is 1. The zero-order valence-corrected chi connectivity index (χ0v) is 11.0. The van der Waals surface area contributed by atoms with Crippen molar-refractivity contribution in [3.8, 4) is 11.5 Å². The van der Waals surface area contributed by atoms with E-state index in [1.807, 2.05) is 24.3 Å². The number of benzene rings is 2. The van der Waals surface area contributed by atoms with Crippen LogP contribution in [0.4, 0.5) is 0 Å². The Morgan fingerprint density at radius 1 is 1.25 bits per heavy atom. The molecule has 0 saturated carbocycles. The Morgan fingerprint density at radius 3 is 2.80 bits per heavy atom. The van der Waals surface area contributed by atoms with Gasteiger partial charge in [-0.15, -0.1) is 0 Å². The van der Waals surface area contributed by atoms with Gasteiger partial charge in [-0.25, -0.2) is 4.79 Å². The highest BCUT2D eigenvalue weighted by atomic mass is 16.5. The van der Waals surface area contributed by atoms with Crippen molar-refractivity contribution in [2.75, 3.05) is 7.11 Å². The number of phenolic OH excluding ortho intramolecular Hbond substituents is 1. The van der Waals surface area contributed by atoms with Gasteiger partial charge >= 0.3 is 5.69 Å². The molecule has 0 amide bonds. The van der Waals surface area contributed by atoms with Gasteiger partial charge in [-0.3, -0.25) is 4.57 Å². The maximum Gasteiger partial charge on any atom is 0.326 e. The lowest BCUT2D eigenvalue weighted by atomic mass is 10.2. The van der Waals surface area contributed by atoms with Crippen LogP contribution in [-0.4, -0.2) is 21.8 Å². The number of methoxy groups -OCH3 is 1. The first-order valence-corrected chi connectivity index (χ1v) is 6.22. The molecule has 0 unspecified atom stereocenters. The molecule has 0 aliphatic rings. The van der Waals surface area contributed by atoms with Crippen molar-refractivity contribution in [1.29, 1.82) is 0 Å². The average Bonchev–Trinajstić information content (AvgIpc) is 2.75. The summed E-state index contributed by atoms with van der Waals surface area (Å²) in [6, 6.07) is 12.3. The third kappa shape index (κ3) is 2.03. The largest absolute Gasteiger partial charge is 0.508 e. The zero-order chi connectivity index (χ0) is 14.1. The monoisotopic (exact) mass is 270 g/mol. The van der Waals surface area contributed by atoms with E-state index in [1.165, 1.54) is 0 Å². The highest BCUT2D eigenvalue weighted by Gasteiger charge is 2.11. The van der Waals surface area contributed by atoms with E-state index >= 15 is 0 Å². The molecule has 0 aliphatic carbocycles. The van der Waals surface area contributed by atoms with Crippen molar-refractivity contribution in [3.05, 3.63) is 58.5 Å². The van der Waals surface area contributed by atoms with Crippen molar-refractivity contribution in [3.63, 3.8) is 0 Å². The van der Waals surface area contributed by atoms with Crippen molar-refractivity contribution in [2.45, 2.75) is 6.54 Å². The molecule has 3 rings (SSSR count). The Labute approximate surface area is 115 Å². The van der Waals surface area contributed by atoms with Crippen LogP contribution < -0.4 is 10.4 Å². The van der Waals surface area contributed by atoms with Crippen molar-refractivity contribution in [2.24, 2.45) is 0 Å². The van der Waals surface area contributed by atoms with Crippen LogP contribution in [0, 0.1) is 0 Å². The van der Waals surface area contributed by atoms with Crippen LogP contribution >= 0.6 is 0 Å². The molecular formula is C15H14N2O3. The summed E-state index contributed by atoms with van der Waals surface area (Å²) in [4.78, 5) is 14.9. The van der Waals surface area contributed by atoms with Crippen molar-refractivity contribution >= 4 is 11.0 Å². The van der Waals surface area contributed by atoms with E-state index in [4.69, 9.17) is 4.74 Å². The third-order valence-corrected chi connectivity index (χ3v) is 3.23. The topological polar surface area (TPSA) is 67.2 Å². The summed E-state index contributed by atoms with van der Waals surface area (Å²) in [5, 5.41) is 9.51.